The number of hydrogen-bond acceptors (Lipinski definition) is 7. The van der Waals surface area contributed by atoms with Gasteiger partial charge in [0.2, 0.25) is 0 Å². The number of sulfone groups is 1. The Bertz CT molecular complexity index is 1510. The summed E-state index contributed by atoms with van der Waals surface area (Å²) >= 11 is 6.00. The molecule has 4 aromatic rings. The average Bonchev–Trinajstić information content (AvgIpc) is 3.28. The fraction of sp³-hybridized carbons (Fsp3) is 0.250. The molecule has 0 aliphatic carbocycles. The molecule has 184 valence electrons. The molecule has 0 aliphatic rings. The Hall–Kier alpha value is -3.34. The highest BCUT2D eigenvalue weighted by Crippen LogP contribution is 2.29. The van der Waals surface area contributed by atoms with Gasteiger partial charge in [-0.25, -0.2) is 22.6 Å². The van der Waals surface area contributed by atoms with Crippen LogP contribution in [0, 0.1) is 0 Å². The first-order valence-electron chi connectivity index (χ1n) is 10.8. The van der Waals surface area contributed by atoms with Crippen molar-refractivity contribution < 1.29 is 23.0 Å². The minimum absolute atomic E-state index is 0.0592. The van der Waals surface area contributed by atoms with Crippen molar-refractivity contribution in [2.45, 2.75) is 13.0 Å². The molecule has 1 N–H and O–H groups in total. The number of aliphatic hydroxyl groups is 1. The third-order valence-corrected chi connectivity index (χ3v) is 7.47. The fourth-order valence-corrected chi connectivity index (χ4v) is 4.64. The number of ether oxygens (including phenoxy) is 2. The van der Waals surface area contributed by atoms with Crippen molar-refractivity contribution in [3.8, 4) is 28.4 Å². The van der Waals surface area contributed by atoms with Gasteiger partial charge in [-0.1, -0.05) is 30.7 Å². The number of benzene rings is 2. The van der Waals surface area contributed by atoms with E-state index in [4.69, 9.17) is 21.1 Å². The summed E-state index contributed by atoms with van der Waals surface area (Å²) in [5.41, 5.74) is 2.14. The zero-order valence-electron chi connectivity index (χ0n) is 19.1. The van der Waals surface area contributed by atoms with E-state index in [1.165, 1.54) is 29.3 Å². The van der Waals surface area contributed by atoms with E-state index in [0.717, 1.165) is 5.56 Å². The normalized spacial score (nSPS) is 12.6. The van der Waals surface area contributed by atoms with Crippen molar-refractivity contribution in [3.63, 3.8) is 0 Å². The Morgan fingerprint density at radius 3 is 2.51 bits per heavy atom. The molecule has 2 aromatic heterocycles. The molecule has 0 spiro atoms. The van der Waals surface area contributed by atoms with Gasteiger partial charge in [-0.15, -0.1) is 0 Å². The predicted octanol–water partition coefficient (Wildman–Crippen LogP) is 2.99. The number of hydrogen-bond donors (Lipinski definition) is 1. The minimum Gasteiger partial charge on any atom is -0.493 e. The molecular formula is C24H24ClN3O6S. The minimum atomic E-state index is -3.34. The number of aliphatic hydroxyl groups excluding tert-OH is 1. The average molecular weight is 518 g/mol. The standard InChI is InChI=1S/C24H24ClN3O6S/c1-3-35(31,32)14-19(29)13-34-21-10-8-18(12-22(21)33-2)27-15-26-23-11-9-20(28(23)24(27)30)16-4-6-17(25)7-5-16/h4-12,15,19,29H,3,13-14H2,1-2H3. The van der Waals surface area contributed by atoms with Crippen LogP contribution in [0.1, 0.15) is 6.92 Å². The Labute approximate surface area is 207 Å². The smallest absolute Gasteiger partial charge is 0.340 e. The van der Waals surface area contributed by atoms with Gasteiger partial charge in [0.1, 0.15) is 24.7 Å². The summed E-state index contributed by atoms with van der Waals surface area (Å²) in [6.45, 7) is 1.29. The van der Waals surface area contributed by atoms with Gasteiger partial charge < -0.3 is 14.6 Å². The van der Waals surface area contributed by atoms with Crippen LogP contribution in [0.4, 0.5) is 0 Å². The predicted molar refractivity (Wildman–Crippen MR) is 134 cm³/mol. The van der Waals surface area contributed by atoms with E-state index in [2.05, 4.69) is 4.98 Å². The summed E-state index contributed by atoms with van der Waals surface area (Å²) in [6, 6.07) is 15.6. The summed E-state index contributed by atoms with van der Waals surface area (Å²) in [5.74, 6) is 0.160. The molecule has 0 fully saturated rings. The number of fused-ring (bicyclic) bond motifs is 1. The van der Waals surface area contributed by atoms with E-state index in [1.807, 2.05) is 18.2 Å². The summed E-state index contributed by atoms with van der Waals surface area (Å²) in [7, 11) is -1.90. The summed E-state index contributed by atoms with van der Waals surface area (Å²) in [4.78, 5) is 17.8. The molecule has 0 bridgehead atoms. The molecule has 1 atom stereocenters. The molecule has 2 aromatic carbocycles. The van der Waals surface area contributed by atoms with Crippen molar-refractivity contribution in [1.82, 2.24) is 14.0 Å². The number of methoxy groups -OCH3 is 1. The maximum absolute atomic E-state index is 13.4. The Morgan fingerprint density at radius 1 is 1.09 bits per heavy atom. The Balaban J connectivity index is 1.65. The fourth-order valence-electron chi connectivity index (χ4n) is 3.60. The van der Waals surface area contributed by atoms with Gasteiger partial charge in [-0.3, -0.25) is 4.57 Å². The van der Waals surface area contributed by atoms with Crippen molar-refractivity contribution >= 4 is 27.1 Å². The van der Waals surface area contributed by atoms with E-state index in [9.17, 15) is 18.3 Å². The molecule has 4 rings (SSSR count). The largest absolute Gasteiger partial charge is 0.493 e. The van der Waals surface area contributed by atoms with E-state index >= 15 is 0 Å². The number of aromatic nitrogens is 3. The van der Waals surface area contributed by atoms with Crippen LogP contribution in [0.5, 0.6) is 11.5 Å². The molecule has 0 saturated carbocycles. The van der Waals surface area contributed by atoms with Crippen LogP contribution in [0.2, 0.25) is 5.02 Å². The summed E-state index contributed by atoms with van der Waals surface area (Å²) in [6.07, 6.45) is 0.247. The molecule has 11 heteroatoms. The van der Waals surface area contributed by atoms with Crippen molar-refractivity contribution in [3.05, 3.63) is 76.4 Å². The van der Waals surface area contributed by atoms with Gasteiger partial charge in [0.25, 0.3) is 0 Å². The van der Waals surface area contributed by atoms with Crippen LogP contribution in [-0.4, -0.2) is 58.8 Å². The molecule has 2 heterocycles. The quantitative estimate of drug-likeness (QED) is 0.363. The van der Waals surface area contributed by atoms with Gasteiger partial charge in [-0.2, -0.15) is 0 Å². The SMILES string of the molecule is CCS(=O)(=O)CC(O)COc1ccc(-n2cnc3ccc(-c4ccc(Cl)cc4)n3c2=O)cc1OC. The highest BCUT2D eigenvalue weighted by Gasteiger charge is 2.18. The maximum Gasteiger partial charge on any atom is 0.340 e. The molecule has 0 amide bonds. The second kappa shape index (κ2) is 10.1. The molecule has 1 unspecified atom stereocenters. The Morgan fingerprint density at radius 2 is 1.83 bits per heavy atom. The summed E-state index contributed by atoms with van der Waals surface area (Å²) < 4.78 is 37.3. The molecule has 35 heavy (non-hydrogen) atoms. The van der Waals surface area contributed by atoms with Crippen LogP contribution in [0.3, 0.4) is 0 Å². The van der Waals surface area contributed by atoms with Crippen molar-refractivity contribution in [1.29, 1.82) is 0 Å². The molecule has 0 aliphatic heterocycles. The van der Waals surface area contributed by atoms with Gasteiger partial charge in [0, 0.05) is 16.8 Å². The molecular weight excluding hydrogens is 494 g/mol. The van der Waals surface area contributed by atoms with Gasteiger partial charge >= 0.3 is 5.69 Å². The lowest BCUT2D eigenvalue weighted by molar-refractivity contribution is 0.123. The second-order valence-electron chi connectivity index (χ2n) is 7.82. The highest BCUT2D eigenvalue weighted by atomic mass is 35.5. The maximum atomic E-state index is 13.4. The molecule has 9 nitrogen and oxygen atoms in total. The topological polar surface area (TPSA) is 112 Å². The first-order valence-corrected chi connectivity index (χ1v) is 13.0. The van der Waals surface area contributed by atoms with Crippen molar-refractivity contribution in [2.24, 2.45) is 0 Å². The zero-order chi connectivity index (χ0) is 25.2. The van der Waals surface area contributed by atoms with Gasteiger partial charge in [0.15, 0.2) is 21.3 Å². The lowest BCUT2D eigenvalue weighted by Crippen LogP contribution is -2.28. The third kappa shape index (κ3) is 5.34. The lowest BCUT2D eigenvalue weighted by atomic mass is 10.1. The highest BCUT2D eigenvalue weighted by molar-refractivity contribution is 7.91. The first-order chi connectivity index (χ1) is 16.7. The van der Waals surface area contributed by atoms with E-state index in [0.29, 0.717) is 33.6 Å². The van der Waals surface area contributed by atoms with Crippen LogP contribution < -0.4 is 15.2 Å². The van der Waals surface area contributed by atoms with Crippen LogP contribution >= 0.6 is 11.6 Å². The van der Waals surface area contributed by atoms with E-state index < -0.39 is 21.7 Å². The van der Waals surface area contributed by atoms with E-state index in [-0.39, 0.29) is 18.0 Å². The third-order valence-electron chi connectivity index (χ3n) is 5.45. The zero-order valence-corrected chi connectivity index (χ0v) is 20.7. The summed E-state index contributed by atoms with van der Waals surface area (Å²) in [5, 5.41) is 10.6. The molecule has 0 radical (unpaired) electrons. The van der Waals surface area contributed by atoms with E-state index in [1.54, 1.807) is 36.4 Å². The van der Waals surface area contributed by atoms with Crippen molar-refractivity contribution in [2.75, 3.05) is 25.2 Å². The van der Waals surface area contributed by atoms with Gasteiger partial charge in [-0.05, 0) is 42.0 Å². The molecule has 0 saturated heterocycles. The number of rotatable bonds is 9. The second-order valence-corrected chi connectivity index (χ2v) is 10.6. The van der Waals surface area contributed by atoms with Crippen LogP contribution in [0.25, 0.3) is 22.6 Å². The Kier molecular flexibility index (Phi) is 7.15. The lowest BCUT2D eigenvalue weighted by Gasteiger charge is -2.16. The van der Waals surface area contributed by atoms with Crippen LogP contribution in [0.15, 0.2) is 65.7 Å². The first kappa shape index (κ1) is 24.8. The van der Waals surface area contributed by atoms with Gasteiger partial charge in [0.05, 0.1) is 24.2 Å². The monoisotopic (exact) mass is 517 g/mol. The number of nitrogens with zero attached hydrogens (tertiary/aromatic N) is 3. The number of halogens is 1. The van der Waals surface area contributed by atoms with Crippen LogP contribution in [-0.2, 0) is 9.84 Å².